The number of fused-ring (bicyclic) bond motifs is 1. The van der Waals surface area contributed by atoms with E-state index in [-0.39, 0.29) is 24.8 Å². The Balaban J connectivity index is 1.78. The molecular formula is C24H29N5O4. The minimum Gasteiger partial charge on any atom is -0.480 e. The summed E-state index contributed by atoms with van der Waals surface area (Å²) in [5.74, 6) is -1.89. The number of nitrogen functional groups attached to an aromatic ring is 1. The minimum absolute atomic E-state index is 0.0323. The zero-order valence-electron chi connectivity index (χ0n) is 18.7. The van der Waals surface area contributed by atoms with Crippen LogP contribution in [0.25, 0.3) is 0 Å². The molecule has 2 amide bonds. The van der Waals surface area contributed by atoms with Gasteiger partial charge in [0.1, 0.15) is 11.4 Å². The van der Waals surface area contributed by atoms with Crippen molar-refractivity contribution in [3.63, 3.8) is 0 Å². The molecule has 9 heteroatoms. The highest BCUT2D eigenvalue weighted by molar-refractivity contribution is 5.96. The van der Waals surface area contributed by atoms with E-state index in [0.29, 0.717) is 18.4 Å². The van der Waals surface area contributed by atoms with Gasteiger partial charge in [-0.1, -0.05) is 48.5 Å². The van der Waals surface area contributed by atoms with Gasteiger partial charge in [0.15, 0.2) is 0 Å². The molecule has 9 nitrogen and oxygen atoms in total. The topological polar surface area (TPSA) is 157 Å². The lowest BCUT2D eigenvalue weighted by Gasteiger charge is -2.34. The molecule has 0 unspecified atom stereocenters. The number of hydrogen-bond acceptors (Lipinski definition) is 5. The number of rotatable bonds is 9. The smallest absolute Gasteiger partial charge is 0.317 e. The predicted octanol–water partition coefficient (Wildman–Crippen LogP) is 0.693. The molecule has 2 aromatic carbocycles. The number of amidine groups is 1. The van der Waals surface area contributed by atoms with Crippen molar-refractivity contribution < 1.29 is 19.5 Å². The molecule has 0 atom stereocenters. The number of hydrogen-bond donors (Lipinski definition) is 6. The molecule has 0 saturated heterocycles. The van der Waals surface area contributed by atoms with Crippen molar-refractivity contribution in [1.82, 2.24) is 16.0 Å². The molecule has 3 rings (SSSR count). The monoisotopic (exact) mass is 451 g/mol. The fourth-order valence-electron chi connectivity index (χ4n) is 3.82. The van der Waals surface area contributed by atoms with Crippen molar-refractivity contribution in [2.75, 3.05) is 6.54 Å². The summed E-state index contributed by atoms with van der Waals surface area (Å²) in [6, 6.07) is 14.6. The van der Waals surface area contributed by atoms with Crippen LogP contribution in [0.1, 0.15) is 36.1 Å². The van der Waals surface area contributed by atoms with E-state index in [0.717, 1.165) is 16.7 Å². The average Bonchev–Trinajstić information content (AvgIpc) is 3.15. The van der Waals surface area contributed by atoms with Crippen LogP contribution in [0.15, 0.2) is 48.5 Å². The lowest BCUT2D eigenvalue weighted by molar-refractivity contribution is -0.138. The van der Waals surface area contributed by atoms with Gasteiger partial charge < -0.3 is 21.5 Å². The van der Waals surface area contributed by atoms with Crippen LogP contribution in [0, 0.1) is 5.41 Å². The summed E-state index contributed by atoms with van der Waals surface area (Å²) in [6.45, 7) is 3.02. The molecule has 0 heterocycles. The van der Waals surface area contributed by atoms with Crippen LogP contribution in [-0.4, -0.2) is 46.3 Å². The van der Waals surface area contributed by atoms with Gasteiger partial charge in [0, 0.05) is 24.9 Å². The summed E-state index contributed by atoms with van der Waals surface area (Å²) >= 11 is 0. The van der Waals surface area contributed by atoms with Crippen LogP contribution in [0.5, 0.6) is 0 Å². The number of carbonyl (C=O) groups is 3. The Morgan fingerprint density at radius 2 is 1.64 bits per heavy atom. The summed E-state index contributed by atoms with van der Waals surface area (Å²) in [6.07, 6.45) is 0.665. The number of aliphatic carboxylic acids is 1. The molecule has 0 spiro atoms. The zero-order valence-corrected chi connectivity index (χ0v) is 18.7. The summed E-state index contributed by atoms with van der Waals surface area (Å²) in [7, 11) is 0. The van der Waals surface area contributed by atoms with E-state index in [1.165, 1.54) is 0 Å². The Hall–Kier alpha value is -3.72. The number of carbonyl (C=O) groups excluding carboxylic acids is 2. The van der Waals surface area contributed by atoms with Crippen LogP contribution in [-0.2, 0) is 33.8 Å². The fourth-order valence-corrected chi connectivity index (χ4v) is 3.82. The standard InChI is InChI=1S/C24H29N5O4/c1-23(2,28-14-19(30)31)21(32)29-24(11-17-5-3-4-6-18(17)12-24)22(33)27-13-15-7-9-16(10-8-15)20(25)26/h3-10,28H,11-14H2,1-2H3,(H3,25,26)(H,27,33)(H,29,32)(H,30,31). The molecule has 0 aromatic heterocycles. The van der Waals surface area contributed by atoms with Crippen LogP contribution in [0.2, 0.25) is 0 Å². The van der Waals surface area contributed by atoms with Crippen molar-refractivity contribution in [3.8, 4) is 0 Å². The highest BCUT2D eigenvalue weighted by atomic mass is 16.4. The van der Waals surface area contributed by atoms with Crippen molar-refractivity contribution in [2.24, 2.45) is 5.73 Å². The van der Waals surface area contributed by atoms with Gasteiger partial charge in [0.05, 0.1) is 12.1 Å². The van der Waals surface area contributed by atoms with Gasteiger partial charge in [-0.15, -0.1) is 0 Å². The van der Waals surface area contributed by atoms with Gasteiger partial charge in [-0.3, -0.25) is 25.1 Å². The average molecular weight is 452 g/mol. The maximum absolute atomic E-state index is 13.4. The molecule has 174 valence electrons. The number of carboxylic acids is 1. The second-order valence-electron chi connectivity index (χ2n) is 8.82. The van der Waals surface area contributed by atoms with Crippen LogP contribution in [0.4, 0.5) is 0 Å². The molecule has 7 N–H and O–H groups in total. The van der Waals surface area contributed by atoms with Crippen LogP contribution < -0.4 is 21.7 Å². The lowest BCUT2D eigenvalue weighted by Crippen LogP contribution is -2.65. The Morgan fingerprint density at radius 3 is 2.15 bits per heavy atom. The first-order valence-electron chi connectivity index (χ1n) is 10.6. The quantitative estimate of drug-likeness (QED) is 0.243. The number of benzene rings is 2. The molecule has 0 saturated carbocycles. The largest absolute Gasteiger partial charge is 0.480 e. The Bertz CT molecular complexity index is 1050. The van der Waals surface area contributed by atoms with Gasteiger partial charge in [-0.2, -0.15) is 0 Å². The zero-order chi connectivity index (χ0) is 24.2. The summed E-state index contributed by atoms with van der Waals surface area (Å²) in [5, 5.41) is 25.0. The Morgan fingerprint density at radius 1 is 1.06 bits per heavy atom. The van der Waals surface area contributed by atoms with Gasteiger partial charge in [0.25, 0.3) is 0 Å². The first-order valence-corrected chi connectivity index (χ1v) is 10.6. The Labute approximate surface area is 192 Å². The second kappa shape index (κ2) is 9.41. The highest BCUT2D eigenvalue weighted by Gasteiger charge is 2.46. The van der Waals surface area contributed by atoms with E-state index in [1.54, 1.807) is 38.1 Å². The minimum atomic E-state index is -1.19. The van der Waals surface area contributed by atoms with Crippen molar-refractivity contribution in [3.05, 3.63) is 70.8 Å². The predicted molar refractivity (Wildman–Crippen MR) is 124 cm³/mol. The van der Waals surface area contributed by atoms with E-state index < -0.39 is 23.0 Å². The van der Waals surface area contributed by atoms with Gasteiger partial charge in [-0.25, -0.2) is 0 Å². The SMILES string of the molecule is CC(C)(NCC(=O)O)C(=O)NC1(C(=O)NCc2ccc(C(=N)N)cc2)Cc2ccccc2C1. The molecule has 1 aliphatic carbocycles. The first kappa shape index (κ1) is 23.9. The molecule has 33 heavy (non-hydrogen) atoms. The van der Waals surface area contributed by atoms with E-state index in [2.05, 4.69) is 16.0 Å². The molecule has 2 aromatic rings. The van der Waals surface area contributed by atoms with E-state index in [9.17, 15) is 14.4 Å². The maximum atomic E-state index is 13.4. The Kier molecular flexibility index (Phi) is 6.83. The number of amides is 2. The third kappa shape index (κ3) is 5.56. The lowest BCUT2D eigenvalue weighted by atomic mass is 9.91. The third-order valence-electron chi connectivity index (χ3n) is 5.86. The van der Waals surface area contributed by atoms with E-state index in [4.69, 9.17) is 16.2 Å². The van der Waals surface area contributed by atoms with Crippen molar-refractivity contribution in [2.45, 2.75) is 44.3 Å². The number of carboxylic acid groups (broad SMARTS) is 1. The summed E-state index contributed by atoms with van der Waals surface area (Å²) < 4.78 is 0. The molecule has 0 radical (unpaired) electrons. The maximum Gasteiger partial charge on any atom is 0.317 e. The summed E-state index contributed by atoms with van der Waals surface area (Å²) in [5.41, 5.74) is 6.48. The highest BCUT2D eigenvalue weighted by Crippen LogP contribution is 2.31. The van der Waals surface area contributed by atoms with Crippen molar-refractivity contribution in [1.29, 1.82) is 5.41 Å². The van der Waals surface area contributed by atoms with Gasteiger partial charge in [0.2, 0.25) is 11.8 Å². The van der Waals surface area contributed by atoms with Crippen LogP contribution >= 0.6 is 0 Å². The second-order valence-corrected chi connectivity index (χ2v) is 8.82. The fraction of sp³-hybridized carbons (Fsp3) is 0.333. The molecule has 0 aliphatic heterocycles. The number of nitrogens with one attached hydrogen (secondary N) is 4. The van der Waals surface area contributed by atoms with Gasteiger partial charge in [-0.05, 0) is 30.5 Å². The summed E-state index contributed by atoms with van der Waals surface area (Å²) in [4.78, 5) is 37.4. The third-order valence-corrected chi connectivity index (χ3v) is 5.86. The normalized spacial score (nSPS) is 14.2. The molecule has 1 aliphatic rings. The molecule has 0 bridgehead atoms. The molecule has 0 fully saturated rings. The van der Waals surface area contributed by atoms with Crippen molar-refractivity contribution >= 4 is 23.6 Å². The van der Waals surface area contributed by atoms with Crippen LogP contribution in [0.3, 0.4) is 0 Å². The first-order chi connectivity index (χ1) is 15.5. The molecular weight excluding hydrogens is 422 g/mol. The number of nitrogens with two attached hydrogens (primary N) is 1. The van der Waals surface area contributed by atoms with Gasteiger partial charge >= 0.3 is 5.97 Å². The van der Waals surface area contributed by atoms with E-state index >= 15 is 0 Å². The van der Waals surface area contributed by atoms with E-state index in [1.807, 2.05) is 24.3 Å².